The minimum absolute atomic E-state index is 0.197. The molecule has 0 amide bonds. The van der Waals surface area contributed by atoms with Crippen LogP contribution in [0.15, 0.2) is 48.7 Å². The molecule has 2 aromatic carbocycles. The van der Waals surface area contributed by atoms with Crippen molar-refractivity contribution in [3.05, 3.63) is 65.4 Å². The highest BCUT2D eigenvalue weighted by Gasteiger charge is 2.44. The molecule has 4 heterocycles. The summed E-state index contributed by atoms with van der Waals surface area (Å²) in [4.78, 5) is 5.17. The first kappa shape index (κ1) is 18.4. The Labute approximate surface area is 188 Å². The van der Waals surface area contributed by atoms with Gasteiger partial charge in [-0.15, -0.1) is 0 Å². The van der Waals surface area contributed by atoms with Gasteiger partial charge in [-0.25, -0.2) is 9.55 Å². The highest BCUT2D eigenvalue weighted by molar-refractivity contribution is 6.01. The molecular weight excluding hydrogens is 392 g/mol. The monoisotopic (exact) mass is 421 g/mol. The van der Waals surface area contributed by atoms with E-state index in [1.165, 1.54) is 64.6 Å². The van der Waals surface area contributed by atoms with E-state index in [-0.39, 0.29) is 5.54 Å². The van der Waals surface area contributed by atoms with Gasteiger partial charge in [0.1, 0.15) is 7.05 Å². The fraction of sp³-hybridized carbons (Fsp3) is 0.357. The lowest BCUT2D eigenvalue weighted by atomic mass is 9.78. The smallest absolute Gasteiger partial charge is 0.220 e. The molecule has 7 rings (SSSR count). The summed E-state index contributed by atoms with van der Waals surface area (Å²) in [5, 5.41) is 0. The molecule has 1 aliphatic carbocycles. The normalized spacial score (nSPS) is 17.6. The molecule has 1 fully saturated rings. The first-order valence-corrected chi connectivity index (χ1v) is 11.9. The molecule has 160 valence electrons. The van der Waals surface area contributed by atoms with Gasteiger partial charge in [0.2, 0.25) is 11.5 Å². The van der Waals surface area contributed by atoms with E-state index in [0.29, 0.717) is 5.92 Å². The number of hydrogen-bond acceptors (Lipinski definition) is 1. The fourth-order valence-electron chi connectivity index (χ4n) is 6.71. The van der Waals surface area contributed by atoms with E-state index < -0.39 is 0 Å². The number of benzene rings is 2. The number of imidazole rings is 2. The third kappa shape index (κ3) is 2.08. The average Bonchev–Trinajstić information content (AvgIpc) is 3.48. The second-order valence-corrected chi connectivity index (χ2v) is 10.3. The maximum Gasteiger partial charge on any atom is 0.220 e. The Hall–Kier alpha value is -3.14. The Morgan fingerprint density at radius 3 is 2.59 bits per heavy atom. The topological polar surface area (TPSA) is 26.1 Å². The summed E-state index contributed by atoms with van der Waals surface area (Å²) < 4.78 is 7.26. The number of aromatic nitrogens is 4. The zero-order valence-electron chi connectivity index (χ0n) is 19.3. The van der Waals surface area contributed by atoms with E-state index in [1.54, 1.807) is 5.56 Å². The molecule has 5 aromatic rings. The highest BCUT2D eigenvalue weighted by Crippen LogP contribution is 2.50. The SMILES string of the molecule is Cc1ccc2c3c1-c1c(c(C4CCCC4)cc[n+]1C)C(C)(C)n3c1nc3ccccc3n21. The Morgan fingerprint density at radius 1 is 1.00 bits per heavy atom. The fourth-order valence-corrected chi connectivity index (χ4v) is 6.71. The van der Waals surface area contributed by atoms with Crippen molar-refractivity contribution in [1.82, 2.24) is 14.0 Å². The molecule has 3 aromatic heterocycles. The Morgan fingerprint density at radius 2 is 1.78 bits per heavy atom. The minimum atomic E-state index is -0.197. The van der Waals surface area contributed by atoms with Gasteiger partial charge in [0.15, 0.2) is 6.20 Å². The third-order valence-corrected chi connectivity index (χ3v) is 8.13. The van der Waals surface area contributed by atoms with Gasteiger partial charge in [0.25, 0.3) is 0 Å². The van der Waals surface area contributed by atoms with Crippen molar-refractivity contribution in [2.45, 2.75) is 57.9 Å². The number of pyridine rings is 1. The Bertz CT molecular complexity index is 1570. The van der Waals surface area contributed by atoms with Gasteiger partial charge in [-0.1, -0.05) is 31.0 Å². The van der Waals surface area contributed by atoms with E-state index in [2.05, 4.69) is 90.0 Å². The maximum absolute atomic E-state index is 5.17. The van der Waals surface area contributed by atoms with Crippen molar-refractivity contribution in [1.29, 1.82) is 0 Å². The van der Waals surface area contributed by atoms with Gasteiger partial charge in [-0.3, -0.25) is 8.97 Å². The second-order valence-electron chi connectivity index (χ2n) is 10.3. The molecule has 0 N–H and O–H groups in total. The average molecular weight is 422 g/mol. The van der Waals surface area contributed by atoms with Crippen LogP contribution in [0.3, 0.4) is 0 Å². The van der Waals surface area contributed by atoms with Crippen LogP contribution < -0.4 is 4.57 Å². The van der Waals surface area contributed by atoms with Crippen LogP contribution in [0.1, 0.15) is 62.1 Å². The highest BCUT2D eigenvalue weighted by atomic mass is 15.2. The molecule has 2 aliphatic rings. The third-order valence-electron chi connectivity index (χ3n) is 8.13. The van der Waals surface area contributed by atoms with Crippen LogP contribution in [0.5, 0.6) is 0 Å². The lowest BCUT2D eigenvalue weighted by Gasteiger charge is -2.36. The molecule has 4 heteroatoms. The number of aryl methyl sites for hydroxylation is 2. The number of rotatable bonds is 1. The van der Waals surface area contributed by atoms with Crippen LogP contribution in [0, 0.1) is 6.92 Å². The second kappa shape index (κ2) is 6.00. The van der Waals surface area contributed by atoms with Crippen molar-refractivity contribution in [3.63, 3.8) is 0 Å². The van der Waals surface area contributed by atoms with Crippen LogP contribution in [-0.2, 0) is 12.6 Å². The summed E-state index contributed by atoms with van der Waals surface area (Å²) in [6, 6.07) is 15.5. The standard InChI is InChI=1S/C28H29N4/c1-17-13-14-22-25-23(17)26-24(19(15-16-30(26)4)18-9-5-6-10-18)28(2,3)32(25)27-29-20-11-7-8-12-21(20)31(22)27/h7-8,11-16,18H,5-6,9-10H2,1-4H3/q+1. The molecule has 0 saturated heterocycles. The van der Waals surface area contributed by atoms with Gasteiger partial charge in [0, 0.05) is 6.07 Å². The molecule has 1 aliphatic heterocycles. The lowest BCUT2D eigenvalue weighted by molar-refractivity contribution is -0.661. The van der Waals surface area contributed by atoms with Crippen LogP contribution in [0.4, 0.5) is 0 Å². The molecular formula is C28H29N4+. The van der Waals surface area contributed by atoms with Crippen LogP contribution in [0.2, 0.25) is 0 Å². The molecule has 1 saturated carbocycles. The van der Waals surface area contributed by atoms with Crippen molar-refractivity contribution in [3.8, 4) is 11.3 Å². The molecule has 0 bridgehead atoms. The number of para-hydroxylation sites is 2. The van der Waals surface area contributed by atoms with Crippen molar-refractivity contribution in [2.24, 2.45) is 7.05 Å². The van der Waals surface area contributed by atoms with E-state index in [9.17, 15) is 0 Å². The van der Waals surface area contributed by atoms with Gasteiger partial charge in [0.05, 0.1) is 38.7 Å². The summed E-state index contributed by atoms with van der Waals surface area (Å²) in [5.74, 6) is 1.71. The molecule has 0 radical (unpaired) electrons. The first-order valence-electron chi connectivity index (χ1n) is 11.9. The minimum Gasteiger partial charge on any atom is -0.299 e. The zero-order valence-corrected chi connectivity index (χ0v) is 19.3. The van der Waals surface area contributed by atoms with Crippen molar-refractivity contribution < 1.29 is 4.57 Å². The maximum atomic E-state index is 5.17. The van der Waals surface area contributed by atoms with E-state index >= 15 is 0 Å². The van der Waals surface area contributed by atoms with Gasteiger partial charge < -0.3 is 0 Å². The van der Waals surface area contributed by atoms with E-state index in [0.717, 1.165) is 11.3 Å². The van der Waals surface area contributed by atoms with Crippen LogP contribution in [-0.4, -0.2) is 14.0 Å². The summed E-state index contributed by atoms with van der Waals surface area (Å²) in [6.45, 7) is 7.06. The lowest BCUT2D eigenvalue weighted by Crippen LogP contribution is -2.41. The predicted octanol–water partition coefficient (Wildman–Crippen LogP) is 6.00. The summed E-state index contributed by atoms with van der Waals surface area (Å²) in [5.41, 5.74) is 11.7. The van der Waals surface area contributed by atoms with Gasteiger partial charge >= 0.3 is 0 Å². The van der Waals surface area contributed by atoms with E-state index in [1.807, 2.05) is 0 Å². The van der Waals surface area contributed by atoms with Crippen LogP contribution >= 0.6 is 0 Å². The Kier molecular flexibility index (Phi) is 3.46. The quantitative estimate of drug-likeness (QED) is 0.305. The predicted molar refractivity (Wildman–Crippen MR) is 129 cm³/mol. The van der Waals surface area contributed by atoms with Gasteiger partial charge in [-0.05, 0) is 68.9 Å². The molecule has 0 unspecified atom stereocenters. The number of fused-ring (bicyclic) bond motifs is 7. The number of nitrogens with zero attached hydrogens (tertiary/aromatic N) is 4. The largest absolute Gasteiger partial charge is 0.299 e. The van der Waals surface area contributed by atoms with Crippen molar-refractivity contribution >= 4 is 27.8 Å². The van der Waals surface area contributed by atoms with Crippen LogP contribution in [0.25, 0.3) is 39.1 Å². The molecule has 0 spiro atoms. The molecule has 32 heavy (non-hydrogen) atoms. The first-order chi connectivity index (χ1) is 15.5. The van der Waals surface area contributed by atoms with Gasteiger partial charge in [-0.2, -0.15) is 0 Å². The summed E-state index contributed by atoms with van der Waals surface area (Å²) in [7, 11) is 2.21. The molecule has 0 atom stereocenters. The Balaban J connectivity index is 1.72. The van der Waals surface area contributed by atoms with Crippen molar-refractivity contribution in [2.75, 3.05) is 0 Å². The summed E-state index contributed by atoms with van der Waals surface area (Å²) >= 11 is 0. The zero-order chi connectivity index (χ0) is 21.8. The van der Waals surface area contributed by atoms with E-state index in [4.69, 9.17) is 4.98 Å². The number of hydrogen-bond donors (Lipinski definition) is 0. The summed E-state index contributed by atoms with van der Waals surface area (Å²) in [6.07, 6.45) is 7.60. The molecule has 4 nitrogen and oxygen atoms in total.